The van der Waals surface area contributed by atoms with Crippen molar-refractivity contribution in [1.82, 2.24) is 0 Å². The Morgan fingerprint density at radius 3 is 2.58 bits per heavy atom. The van der Waals surface area contributed by atoms with Crippen LogP contribution in [0.2, 0.25) is 0 Å². The summed E-state index contributed by atoms with van der Waals surface area (Å²) in [6.07, 6.45) is 2.09. The molecule has 0 aromatic heterocycles. The first kappa shape index (κ1) is 10.1. The molecule has 0 atom stereocenters. The van der Waals surface area contributed by atoms with Crippen molar-refractivity contribution in [2.24, 2.45) is 0 Å². The van der Waals surface area contributed by atoms with Crippen molar-refractivity contribution in [2.45, 2.75) is 12.8 Å². The lowest BCUT2D eigenvalue weighted by molar-refractivity contribution is 0.474. The highest BCUT2D eigenvalue weighted by Gasteiger charge is 1.97. The Hall–Kier alpha value is -0.0200. The van der Waals surface area contributed by atoms with E-state index in [0.717, 1.165) is 22.6 Å². The van der Waals surface area contributed by atoms with Crippen LogP contribution in [0.25, 0.3) is 0 Å². The van der Waals surface area contributed by atoms with Crippen LogP contribution in [-0.2, 0) is 6.42 Å². The lowest BCUT2D eigenvalue weighted by Crippen LogP contribution is -1.85. The van der Waals surface area contributed by atoms with Crippen molar-refractivity contribution >= 4 is 31.9 Å². The third kappa shape index (κ3) is 3.15. The molecule has 1 nitrogen and oxygen atoms in total. The predicted molar refractivity (Wildman–Crippen MR) is 57.9 cm³/mol. The molecule has 0 heterocycles. The average Bonchev–Trinajstić information content (AvgIpc) is 1.99. The molecule has 1 aromatic carbocycles. The summed E-state index contributed by atoms with van der Waals surface area (Å²) in [5.41, 5.74) is 1.17. The number of aryl methyl sites for hydroxylation is 1. The molecule has 0 aliphatic rings. The zero-order valence-electron chi connectivity index (χ0n) is 6.56. The standard InChI is InChI=1S/C9H10Br2O/c10-3-1-2-7-4-8(11)6-9(12)5-7/h4-6,12H,1-3H2. The molecule has 66 valence electrons. The fourth-order valence-corrected chi connectivity index (χ4v) is 1.86. The van der Waals surface area contributed by atoms with Crippen LogP contribution in [0.5, 0.6) is 5.75 Å². The van der Waals surface area contributed by atoms with E-state index in [2.05, 4.69) is 31.9 Å². The van der Waals surface area contributed by atoms with Gasteiger partial charge < -0.3 is 5.11 Å². The second-order valence-corrected chi connectivity index (χ2v) is 4.32. The van der Waals surface area contributed by atoms with E-state index in [1.165, 1.54) is 5.56 Å². The fourth-order valence-electron chi connectivity index (χ4n) is 1.05. The first-order valence-electron chi connectivity index (χ1n) is 3.77. The molecule has 1 N–H and O–H groups in total. The molecule has 0 saturated carbocycles. The van der Waals surface area contributed by atoms with Crippen molar-refractivity contribution in [3.8, 4) is 5.75 Å². The fraction of sp³-hybridized carbons (Fsp3) is 0.333. The highest BCUT2D eigenvalue weighted by molar-refractivity contribution is 9.10. The average molecular weight is 294 g/mol. The van der Waals surface area contributed by atoms with Gasteiger partial charge in [-0.2, -0.15) is 0 Å². The second kappa shape index (κ2) is 4.87. The number of halogens is 2. The minimum absolute atomic E-state index is 0.328. The molecular weight excluding hydrogens is 284 g/mol. The van der Waals surface area contributed by atoms with Gasteiger partial charge in [-0.15, -0.1) is 0 Å². The summed E-state index contributed by atoms with van der Waals surface area (Å²) in [6.45, 7) is 0. The van der Waals surface area contributed by atoms with Crippen LogP contribution in [0.3, 0.4) is 0 Å². The van der Waals surface area contributed by atoms with Gasteiger partial charge in [0.1, 0.15) is 5.75 Å². The third-order valence-electron chi connectivity index (χ3n) is 1.54. The van der Waals surface area contributed by atoms with Crippen molar-refractivity contribution in [3.63, 3.8) is 0 Å². The Morgan fingerprint density at radius 2 is 2.00 bits per heavy atom. The number of alkyl halides is 1. The molecule has 0 bridgehead atoms. The van der Waals surface area contributed by atoms with E-state index in [-0.39, 0.29) is 0 Å². The Balaban J connectivity index is 2.72. The van der Waals surface area contributed by atoms with Crippen molar-refractivity contribution in [1.29, 1.82) is 0 Å². The number of hydrogen-bond donors (Lipinski definition) is 1. The maximum Gasteiger partial charge on any atom is 0.116 e. The predicted octanol–water partition coefficient (Wildman–Crippen LogP) is 3.48. The summed E-state index contributed by atoms with van der Waals surface area (Å²) >= 11 is 6.70. The monoisotopic (exact) mass is 292 g/mol. The topological polar surface area (TPSA) is 20.2 Å². The SMILES string of the molecule is Oc1cc(Br)cc(CCCBr)c1. The maximum absolute atomic E-state index is 9.25. The van der Waals surface area contributed by atoms with Gasteiger partial charge >= 0.3 is 0 Å². The lowest BCUT2D eigenvalue weighted by atomic mass is 10.1. The second-order valence-electron chi connectivity index (χ2n) is 2.61. The Labute approximate surface area is 89.1 Å². The van der Waals surface area contributed by atoms with Crippen molar-refractivity contribution < 1.29 is 5.11 Å². The van der Waals surface area contributed by atoms with E-state index in [4.69, 9.17) is 0 Å². The van der Waals surface area contributed by atoms with Gasteiger partial charge in [0.15, 0.2) is 0 Å². The number of benzene rings is 1. The van der Waals surface area contributed by atoms with Gasteiger partial charge in [-0.1, -0.05) is 31.9 Å². The summed E-state index contributed by atoms with van der Waals surface area (Å²) in [6, 6.07) is 5.52. The van der Waals surface area contributed by atoms with E-state index in [1.54, 1.807) is 12.1 Å². The summed E-state index contributed by atoms with van der Waals surface area (Å²) in [5.74, 6) is 0.328. The van der Waals surface area contributed by atoms with Gasteiger partial charge in [0.2, 0.25) is 0 Å². The van der Waals surface area contributed by atoms with Crippen LogP contribution in [-0.4, -0.2) is 10.4 Å². The number of aromatic hydroxyl groups is 1. The summed E-state index contributed by atoms with van der Waals surface area (Å²) in [5, 5.41) is 10.3. The molecule has 0 aliphatic heterocycles. The van der Waals surface area contributed by atoms with Crippen LogP contribution >= 0.6 is 31.9 Å². The molecule has 3 heteroatoms. The highest BCUT2D eigenvalue weighted by atomic mass is 79.9. The summed E-state index contributed by atoms with van der Waals surface area (Å²) < 4.78 is 0.937. The van der Waals surface area contributed by atoms with Crippen LogP contribution in [0, 0.1) is 0 Å². The van der Waals surface area contributed by atoms with Gasteiger partial charge in [0.05, 0.1) is 0 Å². The van der Waals surface area contributed by atoms with Gasteiger partial charge in [-0.3, -0.25) is 0 Å². The first-order valence-corrected chi connectivity index (χ1v) is 5.68. The Bertz CT molecular complexity index is 240. The van der Waals surface area contributed by atoms with E-state index in [1.807, 2.05) is 6.07 Å². The maximum atomic E-state index is 9.25. The number of hydrogen-bond acceptors (Lipinski definition) is 1. The van der Waals surface area contributed by atoms with E-state index in [9.17, 15) is 5.11 Å². The summed E-state index contributed by atoms with van der Waals surface area (Å²) in [7, 11) is 0. The van der Waals surface area contributed by atoms with Gasteiger partial charge in [0.25, 0.3) is 0 Å². The third-order valence-corrected chi connectivity index (χ3v) is 2.56. The molecule has 0 unspecified atom stereocenters. The Morgan fingerprint density at radius 1 is 1.25 bits per heavy atom. The molecular formula is C9H10Br2O. The molecule has 0 radical (unpaired) electrons. The smallest absolute Gasteiger partial charge is 0.116 e. The number of phenols is 1. The lowest BCUT2D eigenvalue weighted by Gasteiger charge is -2.01. The molecule has 0 saturated heterocycles. The molecule has 0 aliphatic carbocycles. The van der Waals surface area contributed by atoms with Crippen LogP contribution in [0.4, 0.5) is 0 Å². The molecule has 0 spiro atoms. The van der Waals surface area contributed by atoms with Gasteiger partial charge in [0, 0.05) is 9.80 Å². The van der Waals surface area contributed by atoms with Gasteiger partial charge in [-0.25, -0.2) is 0 Å². The van der Waals surface area contributed by atoms with Crippen LogP contribution in [0.15, 0.2) is 22.7 Å². The minimum atomic E-state index is 0.328. The zero-order valence-corrected chi connectivity index (χ0v) is 9.73. The molecule has 0 amide bonds. The molecule has 12 heavy (non-hydrogen) atoms. The zero-order chi connectivity index (χ0) is 8.97. The van der Waals surface area contributed by atoms with Crippen molar-refractivity contribution in [3.05, 3.63) is 28.2 Å². The van der Waals surface area contributed by atoms with Gasteiger partial charge in [-0.05, 0) is 36.6 Å². The highest BCUT2D eigenvalue weighted by Crippen LogP contribution is 2.21. The molecule has 1 rings (SSSR count). The van der Waals surface area contributed by atoms with E-state index < -0.39 is 0 Å². The summed E-state index contributed by atoms with van der Waals surface area (Å²) in [4.78, 5) is 0. The normalized spacial score (nSPS) is 10.2. The van der Waals surface area contributed by atoms with Crippen molar-refractivity contribution in [2.75, 3.05) is 5.33 Å². The number of rotatable bonds is 3. The first-order chi connectivity index (χ1) is 5.72. The van der Waals surface area contributed by atoms with E-state index >= 15 is 0 Å². The molecule has 0 fully saturated rings. The quantitative estimate of drug-likeness (QED) is 0.846. The largest absolute Gasteiger partial charge is 0.508 e. The molecule has 1 aromatic rings. The van der Waals surface area contributed by atoms with Crippen LogP contribution in [0.1, 0.15) is 12.0 Å². The Kier molecular flexibility index (Phi) is 4.09. The van der Waals surface area contributed by atoms with Crippen LogP contribution < -0.4 is 0 Å². The van der Waals surface area contributed by atoms with E-state index in [0.29, 0.717) is 5.75 Å². The minimum Gasteiger partial charge on any atom is -0.508 e. The number of phenolic OH excluding ortho intramolecular Hbond substituents is 1.